The number of rotatable bonds is 6. The maximum absolute atomic E-state index is 13.3. The van der Waals surface area contributed by atoms with Gasteiger partial charge in [-0.15, -0.1) is 0 Å². The zero-order chi connectivity index (χ0) is 21.3. The standard InChI is InChI=1S/C21H24FN3O3S2/c1-14-11-17(24-30(2,26)27)9-10-25(14)13-15-3-6-18(7-4-15)28-21-23-19-12-16(22)5-8-20(19)29-21/h3-8,12,14,17,24H,9-11,13H2,1-2H3/t14-,17-/m1/s1. The Morgan fingerprint density at radius 3 is 2.73 bits per heavy atom. The van der Waals surface area contributed by atoms with Crippen LogP contribution in [0.25, 0.3) is 10.2 Å². The fraction of sp³-hybridized carbons (Fsp3) is 0.381. The topological polar surface area (TPSA) is 71.5 Å². The molecule has 1 aromatic heterocycles. The zero-order valence-corrected chi connectivity index (χ0v) is 18.5. The van der Waals surface area contributed by atoms with E-state index in [1.54, 1.807) is 6.07 Å². The summed E-state index contributed by atoms with van der Waals surface area (Å²) in [6.07, 6.45) is 2.81. The first kappa shape index (κ1) is 21.2. The molecule has 0 radical (unpaired) electrons. The Morgan fingerprint density at radius 1 is 1.27 bits per heavy atom. The highest BCUT2D eigenvalue weighted by Gasteiger charge is 2.27. The second-order valence-electron chi connectivity index (χ2n) is 7.77. The summed E-state index contributed by atoms with van der Waals surface area (Å²) in [4.78, 5) is 6.69. The van der Waals surface area contributed by atoms with E-state index in [1.165, 1.54) is 29.7 Å². The van der Waals surface area contributed by atoms with E-state index < -0.39 is 10.0 Å². The second kappa shape index (κ2) is 8.58. The van der Waals surface area contributed by atoms with E-state index in [9.17, 15) is 12.8 Å². The molecule has 1 aliphatic heterocycles. The number of thiazole rings is 1. The van der Waals surface area contributed by atoms with Gasteiger partial charge >= 0.3 is 0 Å². The van der Waals surface area contributed by atoms with Crippen LogP contribution in [0.3, 0.4) is 0 Å². The molecule has 160 valence electrons. The number of sulfonamides is 1. The number of ether oxygens (including phenoxy) is 1. The third-order valence-electron chi connectivity index (χ3n) is 5.24. The summed E-state index contributed by atoms with van der Waals surface area (Å²) < 4.78 is 45.7. The zero-order valence-electron chi connectivity index (χ0n) is 16.8. The third-order valence-corrected chi connectivity index (χ3v) is 6.91. The molecule has 0 bridgehead atoms. The van der Waals surface area contributed by atoms with Crippen LogP contribution in [-0.2, 0) is 16.6 Å². The first-order valence-electron chi connectivity index (χ1n) is 9.79. The molecule has 0 saturated carbocycles. The van der Waals surface area contributed by atoms with Crippen LogP contribution in [0, 0.1) is 5.82 Å². The van der Waals surface area contributed by atoms with Crippen LogP contribution in [0.4, 0.5) is 4.39 Å². The highest BCUT2D eigenvalue weighted by atomic mass is 32.2. The van der Waals surface area contributed by atoms with Gasteiger partial charge in [-0.25, -0.2) is 22.5 Å². The Labute approximate surface area is 179 Å². The molecule has 2 atom stereocenters. The first-order valence-corrected chi connectivity index (χ1v) is 12.5. The number of nitrogens with one attached hydrogen (secondary N) is 1. The molecular formula is C21H24FN3O3S2. The second-order valence-corrected chi connectivity index (χ2v) is 10.5. The highest BCUT2D eigenvalue weighted by Crippen LogP contribution is 2.32. The largest absolute Gasteiger partial charge is 0.431 e. The molecule has 1 aliphatic rings. The maximum Gasteiger partial charge on any atom is 0.279 e. The quantitative estimate of drug-likeness (QED) is 0.613. The van der Waals surface area contributed by atoms with Gasteiger partial charge in [0.25, 0.3) is 5.19 Å². The number of nitrogens with zero attached hydrogens (tertiary/aromatic N) is 2. The van der Waals surface area contributed by atoms with E-state index in [0.717, 1.165) is 36.2 Å². The number of benzene rings is 2. The van der Waals surface area contributed by atoms with Crippen molar-refractivity contribution in [1.29, 1.82) is 0 Å². The van der Waals surface area contributed by atoms with E-state index in [1.807, 2.05) is 24.3 Å². The van der Waals surface area contributed by atoms with Crippen LogP contribution >= 0.6 is 11.3 Å². The number of piperidine rings is 1. The summed E-state index contributed by atoms with van der Waals surface area (Å²) in [5, 5.41) is 0.484. The maximum atomic E-state index is 13.3. The van der Waals surface area contributed by atoms with Crippen LogP contribution < -0.4 is 9.46 Å². The van der Waals surface area contributed by atoms with Crippen molar-refractivity contribution in [3.63, 3.8) is 0 Å². The number of fused-ring (bicyclic) bond motifs is 1. The molecule has 2 aromatic carbocycles. The Hall–Kier alpha value is -2.07. The molecule has 4 rings (SSSR count). The van der Waals surface area contributed by atoms with Crippen molar-refractivity contribution in [3.05, 3.63) is 53.8 Å². The monoisotopic (exact) mass is 449 g/mol. The average molecular weight is 450 g/mol. The summed E-state index contributed by atoms with van der Waals surface area (Å²) >= 11 is 1.38. The van der Waals surface area contributed by atoms with Crippen molar-refractivity contribution in [1.82, 2.24) is 14.6 Å². The van der Waals surface area contributed by atoms with Crippen molar-refractivity contribution >= 4 is 31.6 Å². The Kier molecular flexibility index (Phi) is 6.06. The van der Waals surface area contributed by atoms with Crippen LogP contribution in [0.15, 0.2) is 42.5 Å². The Morgan fingerprint density at radius 2 is 2.03 bits per heavy atom. The molecule has 0 spiro atoms. The minimum Gasteiger partial charge on any atom is -0.431 e. The molecule has 3 aromatic rings. The summed E-state index contributed by atoms with van der Waals surface area (Å²) in [6, 6.07) is 12.7. The van der Waals surface area contributed by atoms with E-state index >= 15 is 0 Å². The molecule has 0 amide bonds. The molecule has 1 saturated heterocycles. The summed E-state index contributed by atoms with van der Waals surface area (Å²) in [7, 11) is -3.17. The van der Waals surface area contributed by atoms with Crippen LogP contribution in [0.5, 0.6) is 10.9 Å². The molecular weight excluding hydrogens is 425 g/mol. The van der Waals surface area contributed by atoms with Crippen molar-refractivity contribution in [3.8, 4) is 10.9 Å². The summed E-state index contributed by atoms with van der Waals surface area (Å²) in [5.41, 5.74) is 1.75. The van der Waals surface area contributed by atoms with Gasteiger partial charge in [-0.3, -0.25) is 4.90 Å². The molecule has 0 unspecified atom stereocenters. The van der Waals surface area contributed by atoms with Crippen LogP contribution in [0.1, 0.15) is 25.3 Å². The number of halogens is 1. The van der Waals surface area contributed by atoms with Gasteiger partial charge in [-0.2, -0.15) is 0 Å². The Bertz CT molecular complexity index is 1130. The van der Waals surface area contributed by atoms with Gasteiger partial charge in [0, 0.05) is 31.2 Å². The molecule has 0 aliphatic carbocycles. The molecule has 30 heavy (non-hydrogen) atoms. The lowest BCUT2D eigenvalue weighted by molar-refractivity contribution is 0.135. The van der Waals surface area contributed by atoms with Crippen molar-refractivity contribution in [2.45, 2.75) is 38.4 Å². The van der Waals surface area contributed by atoms with Crippen LogP contribution in [-0.4, -0.2) is 43.2 Å². The van der Waals surface area contributed by atoms with E-state index in [0.29, 0.717) is 16.5 Å². The first-order chi connectivity index (χ1) is 14.2. The predicted octanol–water partition coefficient (Wildman–Crippen LogP) is 4.13. The van der Waals surface area contributed by atoms with E-state index in [-0.39, 0.29) is 17.9 Å². The van der Waals surface area contributed by atoms with Gasteiger partial charge < -0.3 is 4.74 Å². The number of likely N-dealkylation sites (tertiary alicyclic amines) is 1. The van der Waals surface area contributed by atoms with E-state index in [4.69, 9.17) is 4.74 Å². The Balaban J connectivity index is 1.35. The summed E-state index contributed by atoms with van der Waals surface area (Å²) in [6.45, 7) is 3.77. The lowest BCUT2D eigenvalue weighted by Gasteiger charge is -2.37. The fourth-order valence-electron chi connectivity index (χ4n) is 3.79. The fourth-order valence-corrected chi connectivity index (χ4v) is 5.42. The number of hydrogen-bond acceptors (Lipinski definition) is 6. The number of aromatic nitrogens is 1. The predicted molar refractivity (Wildman–Crippen MR) is 117 cm³/mol. The van der Waals surface area contributed by atoms with E-state index in [2.05, 4.69) is 21.5 Å². The van der Waals surface area contributed by atoms with Crippen molar-refractivity contribution in [2.24, 2.45) is 0 Å². The van der Waals surface area contributed by atoms with Gasteiger partial charge in [0.05, 0.1) is 16.5 Å². The van der Waals surface area contributed by atoms with Crippen LogP contribution in [0.2, 0.25) is 0 Å². The minimum absolute atomic E-state index is 0.00399. The van der Waals surface area contributed by atoms with Gasteiger partial charge in [-0.05, 0) is 49.6 Å². The van der Waals surface area contributed by atoms with Crippen molar-refractivity contribution < 1.29 is 17.5 Å². The molecule has 1 fully saturated rings. The molecule has 1 N–H and O–H groups in total. The lowest BCUT2D eigenvalue weighted by Crippen LogP contribution is -2.48. The third kappa shape index (κ3) is 5.34. The lowest BCUT2D eigenvalue weighted by atomic mass is 9.98. The number of hydrogen-bond donors (Lipinski definition) is 1. The van der Waals surface area contributed by atoms with Gasteiger partial charge in [0.15, 0.2) is 0 Å². The van der Waals surface area contributed by atoms with Gasteiger partial charge in [0.2, 0.25) is 10.0 Å². The highest BCUT2D eigenvalue weighted by molar-refractivity contribution is 7.88. The van der Waals surface area contributed by atoms with Crippen molar-refractivity contribution in [2.75, 3.05) is 12.8 Å². The van der Waals surface area contributed by atoms with Gasteiger partial charge in [0.1, 0.15) is 11.6 Å². The average Bonchev–Trinajstić information content (AvgIpc) is 3.05. The molecule has 6 nitrogen and oxygen atoms in total. The normalized spacial score (nSPS) is 20.5. The van der Waals surface area contributed by atoms with Gasteiger partial charge in [-0.1, -0.05) is 23.5 Å². The summed E-state index contributed by atoms with van der Waals surface area (Å²) in [5.74, 6) is 0.372. The molecule has 2 heterocycles. The smallest absolute Gasteiger partial charge is 0.279 e. The molecule has 9 heteroatoms. The minimum atomic E-state index is -3.17. The SMILES string of the molecule is C[C@@H]1C[C@H](NS(C)(=O)=O)CCN1Cc1ccc(Oc2nc3cc(F)ccc3s2)cc1.